The van der Waals surface area contributed by atoms with Crippen molar-refractivity contribution in [1.29, 1.82) is 0 Å². The Hall–Kier alpha value is 0.0969. The minimum Gasteiger partial charge on any atom is -0.400 e. The van der Waals surface area contributed by atoms with Gasteiger partial charge in [0.25, 0.3) is 0 Å². The van der Waals surface area contributed by atoms with Gasteiger partial charge in [-0.15, -0.1) is 0 Å². The first-order valence-corrected chi connectivity index (χ1v) is 36.3. The fraction of sp³-hybridized carbons (Fsp3) is 1.00. The molecule has 0 amide bonds. The number of hydrogen-bond acceptors (Lipinski definition) is 2. The number of unbranched alkanes of at least 4 members (excludes halogenated alkanes) is 52. The molecule has 0 radical (unpaired) electrons. The summed E-state index contributed by atoms with van der Waals surface area (Å²) in [5.41, 5.74) is 0. The third kappa shape index (κ3) is 52.2. The summed E-state index contributed by atoms with van der Waals surface area (Å²) >= 11 is 0. The lowest BCUT2D eigenvalue weighted by Gasteiger charge is -2.45. The Kier molecular flexibility index (Phi) is 62.0. The third-order valence-electron chi connectivity index (χ3n) is 17.6. The van der Waals surface area contributed by atoms with Crippen LogP contribution in [-0.2, 0) is 8.85 Å². The summed E-state index contributed by atoms with van der Waals surface area (Å²) in [6, 6.07) is 1.94. The Morgan fingerprint density at radius 2 is 0.431 bits per heavy atom. The van der Waals surface area contributed by atoms with Gasteiger partial charge in [0.2, 0.25) is 0 Å². The van der Waals surface area contributed by atoms with Crippen molar-refractivity contribution >= 4 is 9.28 Å². The average Bonchev–Trinajstić information content (AvgIpc) is 3.39. The van der Waals surface area contributed by atoms with E-state index in [2.05, 4.69) is 27.7 Å². The highest BCUT2D eigenvalue weighted by Crippen LogP contribution is 2.27. The molecule has 0 saturated carbocycles. The molecular formula is C68H142NO2Si+. The molecule has 0 N–H and O–H groups in total. The lowest BCUT2D eigenvalue weighted by atomic mass is 9.99. The van der Waals surface area contributed by atoms with Crippen LogP contribution in [0.2, 0.25) is 6.04 Å². The largest absolute Gasteiger partial charge is 0.400 e. The van der Waals surface area contributed by atoms with Gasteiger partial charge in [-0.25, -0.2) is 0 Å². The predicted octanol–water partition coefficient (Wildman–Crippen LogP) is 24.0. The first-order chi connectivity index (χ1) is 35.6. The molecule has 434 valence electrons. The second-order valence-corrected chi connectivity index (χ2v) is 26.8. The van der Waals surface area contributed by atoms with Gasteiger partial charge in [-0.1, -0.05) is 342 Å². The Bertz CT molecular complexity index is 917. The molecule has 1 unspecified atom stereocenters. The minimum atomic E-state index is -1.52. The number of rotatable bonds is 65. The summed E-state index contributed by atoms with van der Waals surface area (Å²) < 4.78 is 13.1. The van der Waals surface area contributed by atoms with Crippen molar-refractivity contribution in [2.75, 3.05) is 33.9 Å². The van der Waals surface area contributed by atoms with Crippen molar-refractivity contribution in [2.24, 2.45) is 0 Å². The minimum absolute atomic E-state index is 0.776. The molecule has 4 heteroatoms. The van der Waals surface area contributed by atoms with E-state index in [1.807, 2.05) is 14.2 Å². The maximum absolute atomic E-state index is 5.86. The third-order valence-corrected chi connectivity index (χ3v) is 19.6. The number of nitrogens with zero attached hydrogens (tertiary/aromatic N) is 1. The number of hydrogen-bond donors (Lipinski definition) is 0. The quantitative estimate of drug-likeness (QED) is 0.0343. The van der Waals surface area contributed by atoms with Crippen molar-refractivity contribution in [2.45, 2.75) is 406 Å². The lowest BCUT2D eigenvalue weighted by molar-refractivity contribution is -0.950. The van der Waals surface area contributed by atoms with E-state index in [-0.39, 0.29) is 0 Å². The molecule has 0 rings (SSSR count). The second kappa shape index (κ2) is 61.9. The summed E-state index contributed by atoms with van der Waals surface area (Å²) in [6.07, 6.45) is 83.0. The van der Waals surface area contributed by atoms with Gasteiger partial charge >= 0.3 is 9.28 Å². The zero-order valence-electron chi connectivity index (χ0n) is 51.6. The maximum Gasteiger partial charge on any atom is 0.321 e. The van der Waals surface area contributed by atoms with Crippen LogP contribution in [0.25, 0.3) is 0 Å². The molecular weight excluding hydrogens is 891 g/mol. The molecule has 0 aliphatic carbocycles. The van der Waals surface area contributed by atoms with Crippen LogP contribution in [0.5, 0.6) is 0 Å². The second-order valence-electron chi connectivity index (χ2n) is 24.5. The zero-order chi connectivity index (χ0) is 52.2. The molecule has 0 aliphatic rings. The summed E-state index contributed by atoms with van der Waals surface area (Å²) in [5.74, 6) is 0. The van der Waals surface area contributed by atoms with E-state index in [0.717, 1.165) is 12.1 Å². The van der Waals surface area contributed by atoms with Gasteiger partial charge in [-0.05, 0) is 57.9 Å². The Labute approximate surface area is 460 Å². The first-order valence-electron chi connectivity index (χ1n) is 34.5. The molecule has 3 nitrogen and oxygen atoms in total. The molecule has 0 aromatic rings. The molecule has 0 fully saturated rings. The van der Waals surface area contributed by atoms with E-state index in [0.29, 0.717) is 0 Å². The van der Waals surface area contributed by atoms with Crippen LogP contribution in [-0.4, -0.2) is 53.7 Å². The zero-order valence-corrected chi connectivity index (χ0v) is 52.7. The van der Waals surface area contributed by atoms with E-state index in [1.165, 1.54) is 390 Å². The number of quaternary nitrogens is 1. The molecule has 0 aromatic carbocycles. The summed E-state index contributed by atoms with van der Waals surface area (Å²) in [5, 5.41) is 0. The normalized spacial score (nSPS) is 12.5. The molecule has 0 bridgehead atoms. The fourth-order valence-electron chi connectivity index (χ4n) is 12.4. The highest BCUT2D eigenvalue weighted by Gasteiger charge is 2.33. The van der Waals surface area contributed by atoms with Gasteiger partial charge in [-0.2, -0.15) is 0 Å². The van der Waals surface area contributed by atoms with Gasteiger partial charge in [0.1, 0.15) is 0 Å². The SMILES string of the molecule is CCCCCCCCCCCCCCCCCCCCCC(C)[N+](CCCCCCCCCCCCCCCCCCCC)(CCCCCCCCCCCCCCCCCCCC)CCC[SiH](OC)OC. The summed E-state index contributed by atoms with van der Waals surface area (Å²) in [6.45, 7) is 13.8. The summed E-state index contributed by atoms with van der Waals surface area (Å²) in [4.78, 5) is 0. The van der Waals surface area contributed by atoms with Crippen LogP contribution in [0.15, 0.2) is 0 Å². The topological polar surface area (TPSA) is 18.5 Å². The van der Waals surface area contributed by atoms with Crippen molar-refractivity contribution in [3.05, 3.63) is 0 Å². The fourth-order valence-corrected chi connectivity index (χ4v) is 13.5. The van der Waals surface area contributed by atoms with Crippen LogP contribution in [0.1, 0.15) is 394 Å². The Balaban J connectivity index is 4.81. The lowest BCUT2D eigenvalue weighted by Crippen LogP contribution is -2.56. The highest BCUT2D eigenvalue weighted by molar-refractivity contribution is 6.44. The van der Waals surface area contributed by atoms with Crippen molar-refractivity contribution < 1.29 is 13.3 Å². The monoisotopic (exact) mass is 1030 g/mol. The molecule has 0 saturated heterocycles. The molecule has 1 atom stereocenters. The maximum atomic E-state index is 5.86. The smallest absolute Gasteiger partial charge is 0.321 e. The van der Waals surface area contributed by atoms with Gasteiger partial charge in [0.15, 0.2) is 0 Å². The van der Waals surface area contributed by atoms with E-state index < -0.39 is 9.28 Å². The molecule has 0 spiro atoms. The van der Waals surface area contributed by atoms with Gasteiger partial charge in [-0.3, -0.25) is 0 Å². The molecule has 72 heavy (non-hydrogen) atoms. The van der Waals surface area contributed by atoms with E-state index in [9.17, 15) is 0 Å². The average molecular weight is 1030 g/mol. The van der Waals surface area contributed by atoms with E-state index in [1.54, 1.807) is 0 Å². The van der Waals surface area contributed by atoms with E-state index >= 15 is 0 Å². The van der Waals surface area contributed by atoms with Crippen LogP contribution >= 0.6 is 0 Å². The Morgan fingerprint density at radius 3 is 0.639 bits per heavy atom. The molecule has 0 aliphatic heterocycles. The molecule has 0 heterocycles. The van der Waals surface area contributed by atoms with Crippen LogP contribution < -0.4 is 0 Å². The van der Waals surface area contributed by atoms with Crippen molar-refractivity contribution in [3.8, 4) is 0 Å². The first kappa shape index (κ1) is 72.1. The van der Waals surface area contributed by atoms with Crippen molar-refractivity contribution in [1.82, 2.24) is 0 Å². The Morgan fingerprint density at radius 1 is 0.250 bits per heavy atom. The van der Waals surface area contributed by atoms with Crippen LogP contribution in [0, 0.1) is 0 Å². The van der Waals surface area contributed by atoms with E-state index in [4.69, 9.17) is 8.85 Å². The van der Waals surface area contributed by atoms with Crippen LogP contribution in [0.3, 0.4) is 0 Å². The summed E-state index contributed by atoms with van der Waals surface area (Å²) in [7, 11) is 2.26. The van der Waals surface area contributed by atoms with Gasteiger partial charge < -0.3 is 13.3 Å². The standard InChI is InChI=1S/C68H142NO2Si/c1-7-10-13-16-19-22-25-28-31-34-37-38-41-44-47-50-53-56-59-63-68(4)69(66-62-67-72(70-5)71-6,64-60-57-54-51-48-45-42-39-35-32-29-26-23-20-17-14-11-8-2)65-61-58-55-52-49-46-43-40-36-33-30-27-24-21-18-15-12-9-3/h68,72H,7-67H2,1-6H3/q+1. The van der Waals surface area contributed by atoms with Gasteiger partial charge in [0, 0.05) is 14.2 Å². The highest BCUT2D eigenvalue weighted by atomic mass is 28.3. The molecule has 0 aromatic heterocycles. The van der Waals surface area contributed by atoms with Crippen molar-refractivity contribution in [3.63, 3.8) is 0 Å². The van der Waals surface area contributed by atoms with Gasteiger partial charge in [0.05, 0.1) is 25.7 Å². The van der Waals surface area contributed by atoms with Crippen LogP contribution in [0.4, 0.5) is 0 Å². The predicted molar refractivity (Wildman–Crippen MR) is 330 cm³/mol.